The summed E-state index contributed by atoms with van der Waals surface area (Å²) in [7, 11) is 1.90. The molecule has 96 valence electrons. The smallest absolute Gasteiger partial charge is 0.188 e. The lowest BCUT2D eigenvalue weighted by Gasteiger charge is -2.03. The summed E-state index contributed by atoms with van der Waals surface area (Å²) in [6.45, 7) is 4.53. The Morgan fingerprint density at radius 3 is 2.78 bits per heavy atom. The van der Waals surface area contributed by atoms with Crippen LogP contribution in [0.15, 0.2) is 24.3 Å². The molecule has 0 aliphatic rings. The average Bonchev–Trinajstić information content (AvgIpc) is 2.68. The largest absolute Gasteiger partial charge is 0.485 e. The molecular formula is C13H18N4O. The summed E-state index contributed by atoms with van der Waals surface area (Å²) in [6.07, 6.45) is 0. The topological polar surface area (TPSA) is 66.0 Å². The normalized spacial score (nSPS) is 10.9. The van der Waals surface area contributed by atoms with Gasteiger partial charge in [0.2, 0.25) is 0 Å². The van der Waals surface area contributed by atoms with Crippen LogP contribution in [-0.4, -0.2) is 14.8 Å². The zero-order valence-electron chi connectivity index (χ0n) is 10.9. The molecule has 0 unspecified atom stereocenters. The number of nitrogens with zero attached hydrogens (tertiary/aromatic N) is 3. The van der Waals surface area contributed by atoms with E-state index in [2.05, 4.69) is 23.9 Å². The maximum absolute atomic E-state index is 5.68. The third-order valence-corrected chi connectivity index (χ3v) is 2.58. The van der Waals surface area contributed by atoms with Crippen LogP contribution in [-0.2, 0) is 13.7 Å². The maximum atomic E-state index is 5.68. The van der Waals surface area contributed by atoms with Gasteiger partial charge in [0.1, 0.15) is 18.2 Å². The fourth-order valence-electron chi connectivity index (χ4n) is 1.77. The summed E-state index contributed by atoms with van der Waals surface area (Å²) in [5.41, 5.74) is 6.36. The second kappa shape index (κ2) is 5.08. The van der Waals surface area contributed by atoms with E-state index in [1.165, 1.54) is 0 Å². The van der Waals surface area contributed by atoms with E-state index in [1.807, 2.05) is 25.2 Å². The zero-order chi connectivity index (χ0) is 13.1. The molecule has 0 fully saturated rings. The van der Waals surface area contributed by atoms with Crippen molar-refractivity contribution in [2.75, 3.05) is 5.73 Å². The Kier molecular flexibility index (Phi) is 3.50. The van der Waals surface area contributed by atoms with Gasteiger partial charge in [-0.2, -0.15) is 5.10 Å². The highest BCUT2D eigenvalue weighted by Gasteiger charge is 2.10. The van der Waals surface area contributed by atoms with E-state index in [1.54, 1.807) is 10.7 Å². The zero-order valence-corrected chi connectivity index (χ0v) is 10.9. The van der Waals surface area contributed by atoms with Crippen molar-refractivity contribution in [3.05, 3.63) is 35.9 Å². The SMILES string of the molecule is CC(C)c1nc(COc2cccc(N)c2)nn1C. The Hall–Kier alpha value is -2.04. The number of nitrogen functional groups attached to an aromatic ring is 1. The fraction of sp³-hybridized carbons (Fsp3) is 0.385. The van der Waals surface area contributed by atoms with Crippen LogP contribution in [0.5, 0.6) is 5.75 Å². The molecule has 1 aromatic heterocycles. The predicted octanol–water partition coefficient (Wildman–Crippen LogP) is 2.10. The van der Waals surface area contributed by atoms with Gasteiger partial charge in [-0.25, -0.2) is 4.98 Å². The number of hydrogen-bond acceptors (Lipinski definition) is 4. The molecule has 5 nitrogen and oxygen atoms in total. The van der Waals surface area contributed by atoms with E-state index in [-0.39, 0.29) is 0 Å². The predicted molar refractivity (Wildman–Crippen MR) is 70.3 cm³/mol. The third kappa shape index (κ3) is 2.80. The second-order valence-electron chi connectivity index (χ2n) is 4.53. The maximum Gasteiger partial charge on any atom is 0.188 e. The lowest BCUT2D eigenvalue weighted by atomic mass is 10.2. The van der Waals surface area contributed by atoms with Crippen molar-refractivity contribution in [3.63, 3.8) is 0 Å². The number of rotatable bonds is 4. The molecule has 2 aromatic rings. The van der Waals surface area contributed by atoms with Crippen molar-refractivity contribution < 1.29 is 4.74 Å². The summed E-state index contributed by atoms with van der Waals surface area (Å²) in [6, 6.07) is 7.33. The number of aryl methyl sites for hydroxylation is 1. The molecule has 1 heterocycles. The fourth-order valence-corrected chi connectivity index (χ4v) is 1.77. The Labute approximate surface area is 107 Å². The Morgan fingerprint density at radius 1 is 1.39 bits per heavy atom. The van der Waals surface area contributed by atoms with Gasteiger partial charge in [0.25, 0.3) is 0 Å². The second-order valence-corrected chi connectivity index (χ2v) is 4.53. The lowest BCUT2D eigenvalue weighted by Crippen LogP contribution is -2.00. The molecule has 0 amide bonds. The summed E-state index contributed by atoms with van der Waals surface area (Å²) in [4.78, 5) is 4.44. The van der Waals surface area contributed by atoms with Gasteiger partial charge in [-0.05, 0) is 12.1 Å². The van der Waals surface area contributed by atoms with Gasteiger partial charge in [-0.15, -0.1) is 0 Å². The standard InChI is InChI=1S/C13H18N4O/c1-9(2)13-15-12(16-17(13)3)8-18-11-6-4-5-10(14)7-11/h4-7,9H,8,14H2,1-3H3. The number of hydrogen-bond donors (Lipinski definition) is 1. The molecule has 0 spiro atoms. The van der Waals surface area contributed by atoms with Crippen molar-refractivity contribution in [2.45, 2.75) is 26.4 Å². The van der Waals surface area contributed by atoms with Crippen molar-refractivity contribution in [2.24, 2.45) is 7.05 Å². The summed E-state index contributed by atoms with van der Waals surface area (Å²) in [5.74, 6) is 2.72. The first-order chi connectivity index (χ1) is 8.56. The van der Waals surface area contributed by atoms with Crippen molar-refractivity contribution in [1.29, 1.82) is 0 Å². The van der Waals surface area contributed by atoms with Crippen molar-refractivity contribution in [1.82, 2.24) is 14.8 Å². The van der Waals surface area contributed by atoms with E-state index in [9.17, 15) is 0 Å². The van der Waals surface area contributed by atoms with Crippen LogP contribution in [0.3, 0.4) is 0 Å². The number of nitrogens with two attached hydrogens (primary N) is 1. The van der Waals surface area contributed by atoms with Gasteiger partial charge in [0.15, 0.2) is 5.82 Å². The highest BCUT2D eigenvalue weighted by molar-refractivity contribution is 5.43. The molecule has 2 rings (SSSR count). The molecule has 0 atom stereocenters. The molecule has 0 bridgehead atoms. The van der Waals surface area contributed by atoms with Gasteiger partial charge >= 0.3 is 0 Å². The van der Waals surface area contributed by atoms with Crippen LogP contribution < -0.4 is 10.5 Å². The van der Waals surface area contributed by atoms with Crippen LogP contribution >= 0.6 is 0 Å². The van der Waals surface area contributed by atoms with Crippen LogP contribution in [0.1, 0.15) is 31.4 Å². The van der Waals surface area contributed by atoms with Gasteiger partial charge in [0.05, 0.1) is 0 Å². The van der Waals surface area contributed by atoms with E-state index in [0.717, 1.165) is 11.6 Å². The number of ether oxygens (including phenoxy) is 1. The van der Waals surface area contributed by atoms with Gasteiger partial charge in [-0.3, -0.25) is 4.68 Å². The third-order valence-electron chi connectivity index (χ3n) is 2.58. The molecule has 0 radical (unpaired) electrons. The molecule has 5 heteroatoms. The minimum Gasteiger partial charge on any atom is -0.485 e. The molecule has 0 aliphatic heterocycles. The van der Waals surface area contributed by atoms with Crippen molar-refractivity contribution >= 4 is 5.69 Å². The molecule has 18 heavy (non-hydrogen) atoms. The molecule has 1 aromatic carbocycles. The van der Waals surface area contributed by atoms with Crippen LogP contribution in [0, 0.1) is 0 Å². The highest BCUT2D eigenvalue weighted by atomic mass is 16.5. The molecule has 0 saturated heterocycles. The van der Waals surface area contributed by atoms with Crippen LogP contribution in [0.4, 0.5) is 5.69 Å². The average molecular weight is 246 g/mol. The van der Waals surface area contributed by atoms with Crippen molar-refractivity contribution in [3.8, 4) is 5.75 Å². The van der Waals surface area contributed by atoms with E-state index < -0.39 is 0 Å². The number of anilines is 1. The number of aromatic nitrogens is 3. The quantitative estimate of drug-likeness (QED) is 0.839. The summed E-state index contributed by atoms with van der Waals surface area (Å²) < 4.78 is 7.40. The van der Waals surface area contributed by atoms with E-state index in [4.69, 9.17) is 10.5 Å². The summed E-state index contributed by atoms with van der Waals surface area (Å²) in [5, 5.41) is 4.32. The Bertz CT molecular complexity index is 534. The van der Waals surface area contributed by atoms with Gasteiger partial charge in [-0.1, -0.05) is 19.9 Å². The minimum atomic E-state index is 0.351. The molecular weight excluding hydrogens is 228 g/mol. The first-order valence-electron chi connectivity index (χ1n) is 5.94. The van der Waals surface area contributed by atoms with E-state index >= 15 is 0 Å². The number of benzene rings is 1. The van der Waals surface area contributed by atoms with Gasteiger partial charge in [0, 0.05) is 24.7 Å². The first-order valence-corrected chi connectivity index (χ1v) is 5.94. The van der Waals surface area contributed by atoms with Gasteiger partial charge < -0.3 is 10.5 Å². The summed E-state index contributed by atoms with van der Waals surface area (Å²) >= 11 is 0. The molecule has 2 N–H and O–H groups in total. The first kappa shape index (κ1) is 12.4. The van der Waals surface area contributed by atoms with Crippen LogP contribution in [0.2, 0.25) is 0 Å². The van der Waals surface area contributed by atoms with E-state index in [0.29, 0.717) is 24.0 Å². The van der Waals surface area contributed by atoms with Crippen LogP contribution in [0.25, 0.3) is 0 Å². The Morgan fingerprint density at radius 2 is 2.17 bits per heavy atom. The monoisotopic (exact) mass is 246 g/mol. The lowest BCUT2D eigenvalue weighted by molar-refractivity contribution is 0.295. The highest BCUT2D eigenvalue weighted by Crippen LogP contribution is 2.16. The minimum absolute atomic E-state index is 0.351. The molecule has 0 saturated carbocycles. The Balaban J connectivity index is 2.04. The molecule has 0 aliphatic carbocycles.